The van der Waals surface area contributed by atoms with Crippen LogP contribution in [0.5, 0.6) is 0 Å². The maximum atomic E-state index is 6.27. The zero-order chi connectivity index (χ0) is 20.7. The van der Waals surface area contributed by atoms with Crippen molar-refractivity contribution in [1.82, 2.24) is 0 Å². The molecule has 0 atom stereocenters. The monoisotopic (exact) mass is 568 g/mol. The van der Waals surface area contributed by atoms with E-state index < -0.39 is 25.7 Å². The zero-order valence-electron chi connectivity index (χ0n) is 19.2. The third-order valence-corrected chi connectivity index (χ3v) is 30.8. The van der Waals surface area contributed by atoms with Crippen molar-refractivity contribution in [3.05, 3.63) is 81.2 Å². The summed E-state index contributed by atoms with van der Waals surface area (Å²) in [6, 6.07) is 18.4. The number of hydrogen-bond donors (Lipinski definition) is 0. The Labute approximate surface area is 204 Å². The molecule has 168 valence electrons. The van der Waals surface area contributed by atoms with Crippen LogP contribution in [-0.4, -0.2) is 21.8 Å². The molecule has 0 spiro atoms. The van der Waals surface area contributed by atoms with Gasteiger partial charge in [-0.05, 0) is 0 Å². The first kappa shape index (κ1) is 27.0. The van der Waals surface area contributed by atoms with Gasteiger partial charge in [-0.25, -0.2) is 0 Å². The van der Waals surface area contributed by atoms with Gasteiger partial charge in [0.25, 0.3) is 0 Å². The van der Waals surface area contributed by atoms with Crippen LogP contribution in [-0.2, 0) is 21.8 Å². The molecule has 2 aliphatic carbocycles. The standard InChI is InChI=1S/C13H9.C6H15OSi.C5H5.CH3.2ClH.H2Si.Zr/c1-3-7-12-10(5-1)9-11-6-2-4-8-13(11)12;1-5-6-7-8(2,3)4;1-2-4-5-3-1;;;;;/h1-9H;1,5-6H2,2-4H3;1-3H,4H2;1H3;2*1H;1H2;. The van der Waals surface area contributed by atoms with E-state index in [-0.39, 0.29) is 24.8 Å². The van der Waals surface area contributed by atoms with Gasteiger partial charge < -0.3 is 0 Å². The van der Waals surface area contributed by atoms with Crippen molar-refractivity contribution in [3.8, 4) is 11.1 Å². The Morgan fingerprint density at radius 2 is 1.52 bits per heavy atom. The first-order valence-electron chi connectivity index (χ1n) is 10.9. The zero-order valence-corrected chi connectivity index (χ0v) is 25.7. The fourth-order valence-electron chi connectivity index (χ4n) is 5.50. The summed E-state index contributed by atoms with van der Waals surface area (Å²) in [6.45, 7) is 10.3. The van der Waals surface area contributed by atoms with E-state index in [1.165, 1.54) is 21.7 Å². The summed E-state index contributed by atoms with van der Waals surface area (Å²) in [7, 11) is -1.46. The van der Waals surface area contributed by atoms with Gasteiger partial charge in [-0.15, -0.1) is 24.8 Å². The Hall–Kier alpha value is -0.223. The predicted octanol–water partition coefficient (Wildman–Crippen LogP) is 7.39. The number of hydrogen-bond acceptors (Lipinski definition) is 1. The van der Waals surface area contributed by atoms with Gasteiger partial charge in [0.05, 0.1) is 0 Å². The molecule has 4 rings (SSSR count). The topological polar surface area (TPSA) is 9.23 Å². The molecule has 2 aromatic rings. The molecule has 31 heavy (non-hydrogen) atoms. The molecule has 0 amide bonds. The number of allylic oxidation sites excluding steroid dienone is 4. The Morgan fingerprint density at radius 3 is 2.00 bits per heavy atom. The fourth-order valence-corrected chi connectivity index (χ4v) is 26.0. The largest absolute Gasteiger partial charge is 0.147 e. The van der Waals surface area contributed by atoms with Crippen molar-refractivity contribution in [2.45, 2.75) is 44.9 Å². The third-order valence-electron chi connectivity index (χ3n) is 6.96. The molecule has 0 saturated carbocycles. The van der Waals surface area contributed by atoms with Gasteiger partial charge in [-0.1, -0.05) is 0 Å². The van der Waals surface area contributed by atoms with Crippen molar-refractivity contribution in [2.75, 3.05) is 6.61 Å². The third kappa shape index (κ3) is 5.15. The van der Waals surface area contributed by atoms with E-state index >= 15 is 0 Å². The molecule has 0 radical (unpaired) electrons. The van der Waals surface area contributed by atoms with E-state index in [1.54, 1.807) is 14.4 Å². The second-order valence-corrected chi connectivity index (χ2v) is 42.6. The van der Waals surface area contributed by atoms with Gasteiger partial charge in [0, 0.05) is 0 Å². The average molecular weight is 571 g/mol. The Kier molecular flexibility index (Phi) is 8.68. The number of benzene rings is 2. The SMILES string of the molecule is C[Si](C)(C)OCC[CH2][Zr]([CH3])(=[SiH2])([C]1=CC=CC1)[CH]1c2ccccc2-c2ccccc21.Cl.Cl. The molecular weight excluding hydrogens is 535 g/mol. The molecule has 0 aliphatic heterocycles. The molecule has 6 heteroatoms. The minimum absolute atomic E-state index is 0. The normalized spacial score (nSPS) is 15.6. The maximum absolute atomic E-state index is 6.27. The second kappa shape index (κ2) is 9.95. The van der Waals surface area contributed by atoms with E-state index in [9.17, 15) is 0 Å². The van der Waals surface area contributed by atoms with Crippen LogP contribution in [0.1, 0.15) is 27.6 Å². The van der Waals surface area contributed by atoms with Gasteiger partial charge in [0.2, 0.25) is 0 Å². The molecule has 0 fully saturated rings. The van der Waals surface area contributed by atoms with E-state index in [4.69, 9.17) is 4.43 Å². The Balaban J connectivity index is 0.00000171. The van der Waals surface area contributed by atoms with Gasteiger partial charge in [-0.3, -0.25) is 0 Å². The minimum Gasteiger partial charge on any atom is -0.147 e. The van der Waals surface area contributed by atoms with Gasteiger partial charge in [0.1, 0.15) is 0 Å². The van der Waals surface area contributed by atoms with Crippen molar-refractivity contribution in [3.63, 3.8) is 0 Å². The molecule has 0 saturated heterocycles. The Bertz CT molecular complexity index is 1030. The number of rotatable bonds is 7. The molecule has 2 aliphatic rings. The van der Waals surface area contributed by atoms with Crippen LogP contribution in [0.15, 0.2) is 70.0 Å². The first-order chi connectivity index (χ1) is 13.7. The van der Waals surface area contributed by atoms with Gasteiger partial charge >= 0.3 is 181 Å². The van der Waals surface area contributed by atoms with E-state index in [0.29, 0.717) is 3.63 Å². The number of halogens is 2. The summed E-state index contributed by atoms with van der Waals surface area (Å²) in [4.78, 5) is 0. The van der Waals surface area contributed by atoms with Crippen LogP contribution in [0, 0.1) is 0 Å². The van der Waals surface area contributed by atoms with Crippen LogP contribution >= 0.6 is 24.8 Å². The molecule has 0 heterocycles. The molecular formula is C25H36Cl2OSi2Zr. The van der Waals surface area contributed by atoms with Crippen LogP contribution in [0.25, 0.3) is 11.1 Å². The molecule has 0 bridgehead atoms. The van der Waals surface area contributed by atoms with Gasteiger partial charge in [-0.2, -0.15) is 0 Å². The predicted molar refractivity (Wildman–Crippen MR) is 143 cm³/mol. The summed E-state index contributed by atoms with van der Waals surface area (Å²) in [6.07, 6.45) is 9.48. The van der Waals surface area contributed by atoms with Crippen molar-refractivity contribution >= 4 is 40.0 Å². The van der Waals surface area contributed by atoms with E-state index in [0.717, 1.165) is 13.0 Å². The van der Waals surface area contributed by atoms with E-state index in [1.807, 2.05) is 0 Å². The van der Waals surface area contributed by atoms with Crippen LogP contribution in [0.2, 0.25) is 28.4 Å². The van der Waals surface area contributed by atoms with Crippen LogP contribution in [0.4, 0.5) is 0 Å². The molecule has 2 aromatic carbocycles. The van der Waals surface area contributed by atoms with E-state index in [2.05, 4.69) is 97.9 Å². The molecule has 0 N–H and O–H groups in total. The Morgan fingerprint density at radius 1 is 0.968 bits per heavy atom. The number of fused-ring (bicyclic) bond motifs is 3. The van der Waals surface area contributed by atoms with Crippen LogP contribution in [0.3, 0.4) is 0 Å². The second-order valence-electron chi connectivity index (χ2n) is 10.4. The average Bonchev–Trinajstić information content (AvgIpc) is 3.32. The summed E-state index contributed by atoms with van der Waals surface area (Å²) in [5.41, 5.74) is 6.09. The van der Waals surface area contributed by atoms with Crippen molar-refractivity contribution < 1.29 is 21.8 Å². The quantitative estimate of drug-likeness (QED) is 0.249. The van der Waals surface area contributed by atoms with Gasteiger partial charge in [0.15, 0.2) is 0 Å². The summed E-state index contributed by atoms with van der Waals surface area (Å²) in [5.74, 6) is 0. The summed E-state index contributed by atoms with van der Waals surface area (Å²) >= 11 is -3.36. The van der Waals surface area contributed by atoms with Crippen molar-refractivity contribution in [2.24, 2.45) is 0 Å². The maximum Gasteiger partial charge on any atom is -0.147 e. The fraction of sp³-hybridized carbons (Fsp3) is 0.360. The molecule has 0 aromatic heterocycles. The summed E-state index contributed by atoms with van der Waals surface area (Å²) in [5, 5.41) is 0. The van der Waals surface area contributed by atoms with Crippen LogP contribution < -0.4 is 0 Å². The smallest absolute Gasteiger partial charge is 0.147 e. The molecule has 0 unspecified atom stereocenters. The minimum atomic E-state index is -3.36. The van der Waals surface area contributed by atoms with Crippen molar-refractivity contribution in [1.29, 1.82) is 0 Å². The summed E-state index contributed by atoms with van der Waals surface area (Å²) < 4.78 is 12.7. The molecule has 1 nitrogen and oxygen atoms in total. The first-order valence-corrected chi connectivity index (χ1v) is 27.1.